The van der Waals surface area contributed by atoms with Gasteiger partial charge >= 0.3 is 5.97 Å². The van der Waals surface area contributed by atoms with Gasteiger partial charge in [0.15, 0.2) is 0 Å². The van der Waals surface area contributed by atoms with Gasteiger partial charge in [0.1, 0.15) is 11.6 Å². The van der Waals surface area contributed by atoms with Crippen LogP contribution >= 0.6 is 0 Å². The standard InChI is InChI=1S/C19H18N2O2/c1-3-23-19(22)17(14-20)7-6-16-10-12-21(13-11-16)18-8-4-15(2)5-9-18/h4-13H,3H2,1-2H3. The minimum Gasteiger partial charge on any atom is -0.462 e. The summed E-state index contributed by atoms with van der Waals surface area (Å²) < 4.78 is 4.82. The molecule has 0 saturated heterocycles. The summed E-state index contributed by atoms with van der Waals surface area (Å²) in [5, 5.41) is 8.97. The average Bonchev–Trinajstić information content (AvgIpc) is 2.57. The predicted molar refractivity (Wildman–Crippen MR) is 90.4 cm³/mol. The highest BCUT2D eigenvalue weighted by molar-refractivity contribution is 5.93. The van der Waals surface area contributed by atoms with Crippen molar-refractivity contribution in [1.82, 2.24) is 0 Å². The number of nitrogens with zero attached hydrogens (tertiary/aromatic N) is 2. The molecule has 0 unspecified atom stereocenters. The number of rotatable bonds is 4. The summed E-state index contributed by atoms with van der Waals surface area (Å²) in [6.07, 6.45) is 10.9. The Balaban J connectivity index is 2.09. The predicted octanol–water partition coefficient (Wildman–Crippen LogP) is 3.78. The number of allylic oxidation sites excluding steroid dienone is 5. The van der Waals surface area contributed by atoms with Crippen LogP contribution in [0, 0.1) is 18.3 Å². The van der Waals surface area contributed by atoms with Gasteiger partial charge in [-0.2, -0.15) is 5.26 Å². The van der Waals surface area contributed by atoms with E-state index in [1.165, 1.54) is 11.6 Å². The monoisotopic (exact) mass is 306 g/mol. The van der Waals surface area contributed by atoms with Crippen LogP contribution < -0.4 is 4.90 Å². The molecule has 0 spiro atoms. The molecule has 1 aromatic rings. The Hall–Kier alpha value is -3.06. The van der Waals surface area contributed by atoms with E-state index in [-0.39, 0.29) is 12.2 Å². The Morgan fingerprint density at radius 2 is 1.91 bits per heavy atom. The Kier molecular flexibility index (Phi) is 5.54. The van der Waals surface area contributed by atoms with Crippen LogP contribution in [0.4, 0.5) is 5.69 Å². The van der Waals surface area contributed by atoms with E-state index in [4.69, 9.17) is 10.00 Å². The highest BCUT2D eigenvalue weighted by atomic mass is 16.5. The van der Waals surface area contributed by atoms with Gasteiger partial charge in [0.25, 0.3) is 0 Å². The lowest BCUT2D eigenvalue weighted by molar-refractivity contribution is -0.138. The lowest BCUT2D eigenvalue weighted by Gasteiger charge is -2.19. The molecule has 0 bridgehead atoms. The Labute approximate surface area is 136 Å². The van der Waals surface area contributed by atoms with E-state index in [2.05, 4.69) is 19.1 Å². The van der Waals surface area contributed by atoms with Crippen molar-refractivity contribution >= 4 is 11.7 Å². The number of carbonyl (C=O) groups excluding carboxylic acids is 1. The first kappa shape index (κ1) is 16.3. The molecule has 0 atom stereocenters. The molecule has 116 valence electrons. The van der Waals surface area contributed by atoms with Gasteiger partial charge in [0.2, 0.25) is 0 Å². The molecule has 0 aliphatic carbocycles. The largest absolute Gasteiger partial charge is 0.462 e. The van der Waals surface area contributed by atoms with E-state index in [0.29, 0.717) is 0 Å². The molecule has 1 heterocycles. The second kappa shape index (κ2) is 7.81. The van der Waals surface area contributed by atoms with Crippen molar-refractivity contribution in [3.63, 3.8) is 0 Å². The summed E-state index contributed by atoms with van der Waals surface area (Å²) in [6.45, 7) is 4.01. The molecule has 0 amide bonds. The van der Waals surface area contributed by atoms with E-state index in [0.717, 1.165) is 11.3 Å². The van der Waals surface area contributed by atoms with Crippen molar-refractivity contribution in [2.24, 2.45) is 0 Å². The highest BCUT2D eigenvalue weighted by Gasteiger charge is 2.08. The molecular formula is C19H18N2O2. The van der Waals surface area contributed by atoms with Crippen LogP contribution in [0.15, 0.2) is 72.1 Å². The number of carbonyl (C=O) groups is 1. The van der Waals surface area contributed by atoms with Crippen molar-refractivity contribution in [2.75, 3.05) is 11.5 Å². The van der Waals surface area contributed by atoms with E-state index in [1.807, 2.05) is 47.7 Å². The van der Waals surface area contributed by atoms with Crippen LogP contribution in [0.25, 0.3) is 0 Å². The van der Waals surface area contributed by atoms with Crippen molar-refractivity contribution in [2.45, 2.75) is 13.8 Å². The molecule has 1 aliphatic heterocycles. The quantitative estimate of drug-likeness (QED) is 0.482. The first-order chi connectivity index (χ1) is 11.1. The fourth-order valence-electron chi connectivity index (χ4n) is 1.98. The smallest absolute Gasteiger partial charge is 0.348 e. The average molecular weight is 306 g/mol. The third kappa shape index (κ3) is 4.45. The van der Waals surface area contributed by atoms with Crippen LogP contribution in [-0.4, -0.2) is 12.6 Å². The first-order valence-electron chi connectivity index (χ1n) is 7.34. The molecule has 0 N–H and O–H groups in total. The van der Waals surface area contributed by atoms with Crippen LogP contribution in [0.2, 0.25) is 0 Å². The zero-order valence-corrected chi connectivity index (χ0v) is 13.2. The van der Waals surface area contributed by atoms with Crippen LogP contribution in [0.1, 0.15) is 12.5 Å². The summed E-state index contributed by atoms with van der Waals surface area (Å²) in [5.41, 5.74) is 3.17. The zero-order chi connectivity index (χ0) is 16.7. The number of benzene rings is 1. The molecule has 2 rings (SSSR count). The van der Waals surface area contributed by atoms with Crippen molar-refractivity contribution in [3.05, 3.63) is 77.7 Å². The SMILES string of the molecule is CCOC(=O)C(C#N)=CC=C1C=CN(c2ccc(C)cc2)C=C1. The summed E-state index contributed by atoms with van der Waals surface area (Å²) in [7, 11) is 0. The minimum atomic E-state index is -0.600. The number of anilines is 1. The third-order valence-corrected chi connectivity index (χ3v) is 3.25. The second-order valence-corrected chi connectivity index (χ2v) is 4.95. The number of ether oxygens (including phenoxy) is 1. The molecule has 4 heteroatoms. The molecule has 1 aromatic carbocycles. The molecule has 0 fully saturated rings. The zero-order valence-electron chi connectivity index (χ0n) is 13.2. The summed E-state index contributed by atoms with van der Waals surface area (Å²) in [5.74, 6) is -0.600. The number of hydrogen-bond donors (Lipinski definition) is 0. The number of aryl methyl sites for hydroxylation is 1. The maximum atomic E-state index is 11.5. The molecule has 0 saturated carbocycles. The second-order valence-electron chi connectivity index (χ2n) is 4.95. The Morgan fingerprint density at radius 3 is 2.48 bits per heavy atom. The minimum absolute atomic E-state index is 0.0119. The van der Waals surface area contributed by atoms with E-state index >= 15 is 0 Å². The Morgan fingerprint density at radius 1 is 1.26 bits per heavy atom. The van der Waals surface area contributed by atoms with Crippen LogP contribution in [0.3, 0.4) is 0 Å². The van der Waals surface area contributed by atoms with Gasteiger partial charge in [-0.3, -0.25) is 0 Å². The van der Waals surface area contributed by atoms with E-state index < -0.39 is 5.97 Å². The van der Waals surface area contributed by atoms with Gasteiger partial charge in [-0.05, 0) is 49.8 Å². The van der Waals surface area contributed by atoms with Crippen molar-refractivity contribution < 1.29 is 9.53 Å². The van der Waals surface area contributed by atoms with E-state index in [1.54, 1.807) is 13.0 Å². The lowest BCUT2D eigenvalue weighted by atomic mass is 10.1. The topological polar surface area (TPSA) is 53.3 Å². The molecule has 0 aromatic heterocycles. The fourth-order valence-corrected chi connectivity index (χ4v) is 1.98. The maximum absolute atomic E-state index is 11.5. The Bertz CT molecular complexity index is 716. The van der Waals surface area contributed by atoms with Crippen molar-refractivity contribution in [1.29, 1.82) is 5.26 Å². The van der Waals surface area contributed by atoms with Gasteiger partial charge in [-0.15, -0.1) is 0 Å². The molecule has 23 heavy (non-hydrogen) atoms. The molecular weight excluding hydrogens is 288 g/mol. The molecule has 4 nitrogen and oxygen atoms in total. The normalized spacial score (nSPS) is 13.7. The first-order valence-corrected chi connectivity index (χ1v) is 7.34. The highest BCUT2D eigenvalue weighted by Crippen LogP contribution is 2.20. The van der Waals surface area contributed by atoms with Gasteiger partial charge < -0.3 is 9.64 Å². The number of hydrogen-bond acceptors (Lipinski definition) is 4. The fraction of sp³-hybridized carbons (Fsp3) is 0.158. The molecule has 0 radical (unpaired) electrons. The van der Waals surface area contributed by atoms with E-state index in [9.17, 15) is 4.79 Å². The van der Waals surface area contributed by atoms with Gasteiger partial charge in [-0.1, -0.05) is 23.8 Å². The summed E-state index contributed by atoms with van der Waals surface area (Å²) >= 11 is 0. The summed E-state index contributed by atoms with van der Waals surface area (Å²) in [4.78, 5) is 13.5. The number of nitriles is 1. The maximum Gasteiger partial charge on any atom is 0.348 e. The molecule has 1 aliphatic rings. The lowest BCUT2D eigenvalue weighted by Crippen LogP contribution is -2.09. The number of esters is 1. The van der Waals surface area contributed by atoms with Crippen molar-refractivity contribution in [3.8, 4) is 6.07 Å². The summed E-state index contributed by atoms with van der Waals surface area (Å²) in [6, 6.07) is 10.1. The third-order valence-electron chi connectivity index (χ3n) is 3.25. The van der Waals surface area contributed by atoms with Gasteiger partial charge in [0, 0.05) is 18.1 Å². The van der Waals surface area contributed by atoms with Gasteiger partial charge in [-0.25, -0.2) is 4.79 Å². The van der Waals surface area contributed by atoms with Gasteiger partial charge in [0.05, 0.1) is 6.61 Å². The van der Waals surface area contributed by atoms with Crippen LogP contribution in [0.5, 0.6) is 0 Å². The van der Waals surface area contributed by atoms with Crippen LogP contribution in [-0.2, 0) is 9.53 Å².